The topological polar surface area (TPSA) is 71.8 Å². The zero-order valence-corrected chi connectivity index (χ0v) is 18.0. The van der Waals surface area contributed by atoms with Crippen molar-refractivity contribution < 1.29 is 4.79 Å². The fourth-order valence-electron chi connectivity index (χ4n) is 3.24. The van der Waals surface area contributed by atoms with E-state index in [-0.39, 0.29) is 11.9 Å². The van der Waals surface area contributed by atoms with Crippen LogP contribution >= 0.6 is 23.4 Å². The van der Waals surface area contributed by atoms with Gasteiger partial charge in [-0.05, 0) is 37.1 Å². The Morgan fingerprint density at radius 3 is 2.66 bits per heavy atom. The smallest absolute Gasteiger partial charge is 0.240 e. The monoisotopic (exact) mass is 427 g/mol. The molecule has 2 N–H and O–H groups in total. The Balaban J connectivity index is 1.66. The summed E-state index contributed by atoms with van der Waals surface area (Å²) < 4.78 is 1.89. The third-order valence-corrected chi connectivity index (χ3v) is 6.58. The summed E-state index contributed by atoms with van der Waals surface area (Å²) in [6.07, 6.45) is 0.750. The van der Waals surface area contributed by atoms with E-state index in [9.17, 15) is 4.79 Å². The highest BCUT2D eigenvalue weighted by molar-refractivity contribution is 8.00. The molecule has 6 nitrogen and oxygen atoms in total. The number of nitrogens with one attached hydrogen (secondary N) is 2. The number of thioether (sulfide) groups is 1. The molecule has 0 saturated carbocycles. The van der Waals surface area contributed by atoms with Crippen molar-refractivity contribution in [3.63, 3.8) is 0 Å². The standard InChI is InChI=1S/C21H22ClN5OS/c1-4-17-24-25-21-27(17)26-18(14-8-5-12(2)6-9-14)19(29-21)20(28)23-15-10-7-13(3)16(22)11-15/h5-11,18-19,26H,4H2,1-3H3,(H,23,28). The highest BCUT2D eigenvalue weighted by Gasteiger charge is 2.37. The van der Waals surface area contributed by atoms with E-state index in [0.29, 0.717) is 15.9 Å². The molecular weight excluding hydrogens is 406 g/mol. The van der Waals surface area contributed by atoms with Crippen molar-refractivity contribution in [1.29, 1.82) is 0 Å². The number of hydrogen-bond donors (Lipinski definition) is 2. The van der Waals surface area contributed by atoms with Crippen LogP contribution in [0.25, 0.3) is 0 Å². The van der Waals surface area contributed by atoms with Gasteiger partial charge < -0.3 is 10.7 Å². The van der Waals surface area contributed by atoms with Crippen LogP contribution in [0.15, 0.2) is 47.6 Å². The van der Waals surface area contributed by atoms with E-state index in [2.05, 4.69) is 45.2 Å². The molecule has 0 spiro atoms. The van der Waals surface area contributed by atoms with Gasteiger partial charge in [0.05, 0.1) is 6.04 Å². The summed E-state index contributed by atoms with van der Waals surface area (Å²) in [6, 6.07) is 13.5. The van der Waals surface area contributed by atoms with E-state index >= 15 is 0 Å². The predicted molar refractivity (Wildman–Crippen MR) is 117 cm³/mol. The van der Waals surface area contributed by atoms with Gasteiger partial charge >= 0.3 is 0 Å². The summed E-state index contributed by atoms with van der Waals surface area (Å²) in [5.41, 5.74) is 7.30. The highest BCUT2D eigenvalue weighted by atomic mass is 35.5. The van der Waals surface area contributed by atoms with Gasteiger partial charge in [-0.15, -0.1) is 10.2 Å². The Morgan fingerprint density at radius 1 is 1.21 bits per heavy atom. The molecule has 2 aromatic carbocycles. The van der Waals surface area contributed by atoms with Crippen molar-refractivity contribution in [2.45, 2.75) is 43.6 Å². The molecule has 8 heteroatoms. The first-order chi connectivity index (χ1) is 14.0. The number of carbonyl (C=O) groups excluding carboxylic acids is 1. The molecule has 0 radical (unpaired) electrons. The number of hydrogen-bond acceptors (Lipinski definition) is 5. The average molecular weight is 428 g/mol. The lowest BCUT2D eigenvalue weighted by Crippen LogP contribution is -2.41. The van der Waals surface area contributed by atoms with Crippen LogP contribution in [0.1, 0.15) is 35.5 Å². The third kappa shape index (κ3) is 3.97. The Hall–Kier alpha value is -2.51. The molecule has 150 valence electrons. The molecule has 1 aromatic heterocycles. The predicted octanol–water partition coefficient (Wildman–Crippen LogP) is 4.51. The van der Waals surface area contributed by atoms with Crippen molar-refractivity contribution in [2.24, 2.45) is 0 Å². The maximum atomic E-state index is 13.2. The molecule has 0 fully saturated rings. The minimum absolute atomic E-state index is 0.111. The van der Waals surface area contributed by atoms with Gasteiger partial charge in [0.25, 0.3) is 0 Å². The van der Waals surface area contributed by atoms with E-state index in [1.54, 1.807) is 6.07 Å². The maximum Gasteiger partial charge on any atom is 0.240 e. The molecule has 2 heterocycles. The van der Waals surface area contributed by atoms with E-state index in [0.717, 1.165) is 23.4 Å². The molecule has 1 aliphatic heterocycles. The number of fused-ring (bicyclic) bond motifs is 1. The third-order valence-electron chi connectivity index (χ3n) is 4.95. The fraction of sp³-hybridized carbons (Fsp3) is 0.286. The van der Waals surface area contributed by atoms with Gasteiger partial charge in [-0.25, -0.2) is 4.68 Å². The lowest BCUT2D eigenvalue weighted by molar-refractivity contribution is -0.116. The van der Waals surface area contributed by atoms with Crippen LogP contribution in [0.3, 0.4) is 0 Å². The normalized spacial score (nSPS) is 18.1. The van der Waals surface area contributed by atoms with Crippen LogP contribution in [0.2, 0.25) is 5.02 Å². The van der Waals surface area contributed by atoms with Crippen molar-refractivity contribution in [1.82, 2.24) is 14.9 Å². The number of aromatic nitrogens is 3. The van der Waals surface area contributed by atoms with Gasteiger partial charge in [-0.1, -0.05) is 66.2 Å². The number of aryl methyl sites for hydroxylation is 3. The van der Waals surface area contributed by atoms with E-state index in [4.69, 9.17) is 11.6 Å². The summed E-state index contributed by atoms with van der Waals surface area (Å²) in [4.78, 5) is 13.2. The van der Waals surface area contributed by atoms with Gasteiger partial charge in [0.15, 0.2) is 5.82 Å². The Bertz CT molecular complexity index is 1050. The number of halogens is 1. The van der Waals surface area contributed by atoms with Crippen molar-refractivity contribution in [3.05, 3.63) is 70.0 Å². The summed E-state index contributed by atoms with van der Waals surface area (Å²) in [5, 5.41) is 12.4. The van der Waals surface area contributed by atoms with E-state index in [1.165, 1.54) is 17.3 Å². The van der Waals surface area contributed by atoms with Crippen LogP contribution in [-0.4, -0.2) is 26.0 Å². The van der Waals surface area contributed by atoms with Crippen LogP contribution in [-0.2, 0) is 11.2 Å². The molecule has 3 aromatic rings. The molecule has 4 rings (SSSR count). The highest BCUT2D eigenvalue weighted by Crippen LogP contribution is 2.37. The first-order valence-electron chi connectivity index (χ1n) is 9.47. The number of rotatable bonds is 4. The van der Waals surface area contributed by atoms with Gasteiger partial charge in [0.1, 0.15) is 5.25 Å². The molecular formula is C21H22ClN5OS. The SMILES string of the molecule is CCc1nnc2n1NC(c1ccc(C)cc1)C(C(=O)Nc1ccc(C)c(Cl)c1)S2. The van der Waals surface area contributed by atoms with Crippen LogP contribution in [0, 0.1) is 13.8 Å². The molecule has 2 unspecified atom stereocenters. The summed E-state index contributed by atoms with van der Waals surface area (Å²) in [7, 11) is 0. The first kappa shape index (κ1) is 19.8. The number of anilines is 1. The van der Waals surface area contributed by atoms with Crippen molar-refractivity contribution in [3.8, 4) is 0 Å². The lowest BCUT2D eigenvalue weighted by Gasteiger charge is -2.33. The largest absolute Gasteiger partial charge is 0.325 e. The Labute approximate surface area is 179 Å². The fourth-order valence-corrected chi connectivity index (χ4v) is 4.51. The molecule has 0 bridgehead atoms. The molecule has 29 heavy (non-hydrogen) atoms. The van der Waals surface area contributed by atoms with Crippen LogP contribution in [0.4, 0.5) is 5.69 Å². The number of amides is 1. The number of carbonyl (C=O) groups is 1. The van der Waals surface area contributed by atoms with Gasteiger partial charge in [0.2, 0.25) is 11.1 Å². The van der Waals surface area contributed by atoms with Crippen molar-refractivity contribution in [2.75, 3.05) is 10.7 Å². The van der Waals surface area contributed by atoms with Gasteiger partial charge in [-0.3, -0.25) is 4.79 Å². The Kier molecular flexibility index (Phi) is 5.52. The molecule has 1 aliphatic rings. The minimum Gasteiger partial charge on any atom is -0.325 e. The second kappa shape index (κ2) is 8.08. The molecule has 2 atom stereocenters. The first-order valence-corrected chi connectivity index (χ1v) is 10.7. The van der Waals surface area contributed by atoms with E-state index < -0.39 is 5.25 Å². The maximum absolute atomic E-state index is 13.2. The van der Waals surface area contributed by atoms with Gasteiger partial charge in [0, 0.05) is 17.1 Å². The van der Waals surface area contributed by atoms with E-state index in [1.807, 2.05) is 37.6 Å². The second-order valence-corrected chi connectivity index (χ2v) is 8.61. The van der Waals surface area contributed by atoms with Gasteiger partial charge in [-0.2, -0.15) is 0 Å². The van der Waals surface area contributed by atoms with Crippen LogP contribution < -0.4 is 10.7 Å². The minimum atomic E-state index is -0.417. The summed E-state index contributed by atoms with van der Waals surface area (Å²) >= 11 is 7.63. The average Bonchev–Trinajstić information content (AvgIpc) is 3.12. The summed E-state index contributed by atoms with van der Waals surface area (Å²) in [5.74, 6) is 0.731. The van der Waals surface area contributed by atoms with Crippen molar-refractivity contribution >= 4 is 35.0 Å². The molecule has 0 aliphatic carbocycles. The Morgan fingerprint density at radius 2 is 1.97 bits per heavy atom. The second-order valence-electron chi connectivity index (χ2n) is 7.10. The molecule has 0 saturated heterocycles. The summed E-state index contributed by atoms with van der Waals surface area (Å²) in [6.45, 7) is 6.01. The zero-order valence-electron chi connectivity index (χ0n) is 16.4. The molecule has 1 amide bonds. The quantitative estimate of drug-likeness (QED) is 0.641. The zero-order chi connectivity index (χ0) is 20.5. The van der Waals surface area contributed by atoms with Crippen LogP contribution in [0.5, 0.6) is 0 Å². The number of nitrogens with zero attached hydrogens (tertiary/aromatic N) is 3. The lowest BCUT2D eigenvalue weighted by atomic mass is 10.0. The number of benzene rings is 2.